The Bertz CT molecular complexity index is 1400. The van der Waals surface area contributed by atoms with E-state index in [0.717, 1.165) is 10.9 Å². The maximum Gasteiger partial charge on any atom is 0.253 e. The van der Waals surface area contributed by atoms with Crippen LogP contribution in [-0.4, -0.2) is 63.2 Å². The number of morpholine rings is 1. The lowest BCUT2D eigenvalue weighted by Crippen LogP contribution is -2.42. The van der Waals surface area contributed by atoms with Gasteiger partial charge in [0.25, 0.3) is 5.56 Å². The van der Waals surface area contributed by atoms with Gasteiger partial charge >= 0.3 is 0 Å². The second kappa shape index (κ2) is 8.50. The number of pyridine rings is 1. The number of benzene rings is 2. The van der Waals surface area contributed by atoms with Crippen molar-refractivity contribution in [2.75, 3.05) is 33.1 Å². The van der Waals surface area contributed by atoms with E-state index in [-0.39, 0.29) is 18.2 Å². The Kier molecular flexibility index (Phi) is 5.19. The highest BCUT2D eigenvalue weighted by Gasteiger charge is 2.32. The number of aromatic nitrogens is 5. The zero-order valence-corrected chi connectivity index (χ0v) is 18.1. The molecule has 0 unspecified atom stereocenters. The molecule has 1 N–H and O–H groups in total. The number of H-pyrrole nitrogens is 1. The molecule has 1 atom stereocenters. The maximum absolute atomic E-state index is 13.4. The third-order valence-electron chi connectivity index (χ3n) is 6.12. The number of nitrogens with zero attached hydrogens (tertiary/aromatic N) is 5. The van der Waals surface area contributed by atoms with Gasteiger partial charge in [0, 0.05) is 30.1 Å². The molecule has 2 aromatic heterocycles. The monoisotopic (exact) mass is 464 g/mol. The van der Waals surface area contributed by atoms with Crippen molar-refractivity contribution in [3.8, 4) is 11.5 Å². The van der Waals surface area contributed by atoms with Crippen molar-refractivity contribution >= 4 is 10.9 Å². The first-order chi connectivity index (χ1) is 16.7. The molecule has 10 nitrogen and oxygen atoms in total. The Hall–Kier alpha value is -3.83. The third kappa shape index (κ3) is 3.78. The fraction of sp³-hybridized carbons (Fsp3) is 0.304. The predicted molar refractivity (Wildman–Crippen MR) is 118 cm³/mol. The number of tetrazole rings is 1. The molecular formula is C23H21FN6O4. The molecule has 0 amide bonds. The van der Waals surface area contributed by atoms with Gasteiger partial charge in [0.15, 0.2) is 17.3 Å². The zero-order chi connectivity index (χ0) is 23.1. The van der Waals surface area contributed by atoms with Crippen molar-refractivity contribution in [3.63, 3.8) is 0 Å². The minimum atomic E-state index is -0.502. The predicted octanol–water partition coefficient (Wildman–Crippen LogP) is 1.85. The SMILES string of the molecule is O=c1[nH]c2cc3c(cc2cc1[C@@H](c1nnnn1Cc1ccc(F)cc1)N1CCOCC1)OCO3. The Balaban J connectivity index is 1.45. The molecule has 0 radical (unpaired) electrons. The number of ether oxygens (including phenoxy) is 3. The van der Waals surface area contributed by atoms with Gasteiger partial charge in [-0.05, 0) is 40.3 Å². The Morgan fingerprint density at radius 3 is 2.62 bits per heavy atom. The minimum absolute atomic E-state index is 0.150. The molecule has 0 bridgehead atoms. The van der Waals surface area contributed by atoms with Crippen LogP contribution < -0.4 is 15.0 Å². The van der Waals surface area contributed by atoms with Crippen LogP contribution in [0, 0.1) is 5.82 Å². The second-order valence-corrected chi connectivity index (χ2v) is 8.22. The van der Waals surface area contributed by atoms with Crippen LogP contribution in [0.5, 0.6) is 11.5 Å². The van der Waals surface area contributed by atoms with Crippen molar-refractivity contribution in [3.05, 3.63) is 75.6 Å². The van der Waals surface area contributed by atoms with E-state index in [4.69, 9.17) is 14.2 Å². The molecule has 4 heterocycles. The van der Waals surface area contributed by atoms with Gasteiger partial charge in [-0.3, -0.25) is 9.69 Å². The summed E-state index contributed by atoms with van der Waals surface area (Å²) in [6.07, 6.45) is 0. The van der Waals surface area contributed by atoms with Gasteiger partial charge in [0.05, 0.1) is 25.3 Å². The van der Waals surface area contributed by atoms with Gasteiger partial charge < -0.3 is 19.2 Å². The summed E-state index contributed by atoms with van der Waals surface area (Å²) in [5.41, 5.74) is 1.78. The van der Waals surface area contributed by atoms with E-state index in [1.54, 1.807) is 22.9 Å². The van der Waals surface area contributed by atoms with Crippen molar-refractivity contribution in [2.24, 2.45) is 0 Å². The average Bonchev–Trinajstić information content (AvgIpc) is 3.50. The first-order valence-electron chi connectivity index (χ1n) is 10.9. The summed E-state index contributed by atoms with van der Waals surface area (Å²) in [5, 5.41) is 13.2. The highest BCUT2D eigenvalue weighted by molar-refractivity contribution is 5.83. The zero-order valence-electron chi connectivity index (χ0n) is 18.1. The summed E-state index contributed by atoms with van der Waals surface area (Å²) in [7, 11) is 0. The van der Waals surface area contributed by atoms with E-state index in [9.17, 15) is 9.18 Å². The van der Waals surface area contributed by atoms with Gasteiger partial charge in [-0.2, -0.15) is 0 Å². The summed E-state index contributed by atoms with van der Waals surface area (Å²) in [6, 6.07) is 11.2. The number of hydrogen-bond acceptors (Lipinski definition) is 8. The van der Waals surface area contributed by atoms with Gasteiger partial charge in [-0.1, -0.05) is 12.1 Å². The lowest BCUT2D eigenvalue weighted by Gasteiger charge is -2.33. The fourth-order valence-electron chi connectivity index (χ4n) is 4.43. The molecule has 4 aromatic rings. The van der Waals surface area contributed by atoms with Gasteiger partial charge in [-0.15, -0.1) is 5.10 Å². The van der Waals surface area contributed by atoms with Crippen molar-refractivity contribution in [2.45, 2.75) is 12.6 Å². The average molecular weight is 464 g/mol. The van der Waals surface area contributed by atoms with E-state index in [1.807, 2.05) is 12.1 Å². The van der Waals surface area contributed by atoms with Crippen molar-refractivity contribution in [1.29, 1.82) is 0 Å². The molecule has 11 heteroatoms. The standard InChI is InChI=1S/C23H21FN6O4/c24-16-3-1-14(2-4-16)12-30-22(26-27-28-30)21(29-5-7-32-8-6-29)17-9-15-10-19-20(34-13-33-19)11-18(15)25-23(17)31/h1-4,9-11,21H,5-8,12-13H2,(H,25,31)/t21-/m0/s1. The lowest BCUT2D eigenvalue weighted by molar-refractivity contribution is 0.0214. The summed E-state index contributed by atoms with van der Waals surface area (Å²) in [6.45, 7) is 2.81. The molecule has 2 aromatic carbocycles. The molecule has 174 valence electrons. The Morgan fingerprint density at radius 2 is 1.82 bits per heavy atom. The van der Waals surface area contributed by atoms with Gasteiger partial charge in [-0.25, -0.2) is 9.07 Å². The van der Waals surface area contributed by atoms with Crippen LogP contribution in [0.1, 0.15) is 23.0 Å². The Morgan fingerprint density at radius 1 is 1.06 bits per heavy atom. The number of fused-ring (bicyclic) bond motifs is 2. The normalized spacial score (nSPS) is 16.7. The summed E-state index contributed by atoms with van der Waals surface area (Å²) >= 11 is 0. The molecule has 6 rings (SSSR count). The highest BCUT2D eigenvalue weighted by atomic mass is 19.1. The topological polar surface area (TPSA) is 107 Å². The quantitative estimate of drug-likeness (QED) is 0.477. The second-order valence-electron chi connectivity index (χ2n) is 8.22. The number of hydrogen-bond donors (Lipinski definition) is 1. The summed E-state index contributed by atoms with van der Waals surface area (Å²) < 4.78 is 31.5. The van der Waals surface area contributed by atoms with Gasteiger partial charge in [0.2, 0.25) is 6.79 Å². The molecule has 2 aliphatic heterocycles. The first kappa shape index (κ1) is 20.8. The first-order valence-corrected chi connectivity index (χ1v) is 10.9. The molecule has 1 saturated heterocycles. The third-order valence-corrected chi connectivity index (χ3v) is 6.12. The van der Waals surface area contributed by atoms with E-state index in [0.29, 0.717) is 61.3 Å². The van der Waals surface area contributed by atoms with E-state index in [1.165, 1.54) is 12.1 Å². The van der Waals surface area contributed by atoms with Crippen LogP contribution in [0.15, 0.2) is 47.3 Å². The molecule has 1 fully saturated rings. The van der Waals surface area contributed by atoms with E-state index in [2.05, 4.69) is 25.4 Å². The largest absolute Gasteiger partial charge is 0.454 e. The van der Waals surface area contributed by atoms with Crippen LogP contribution in [0.2, 0.25) is 0 Å². The molecular weight excluding hydrogens is 443 g/mol. The molecule has 34 heavy (non-hydrogen) atoms. The molecule has 2 aliphatic rings. The van der Waals surface area contributed by atoms with Crippen LogP contribution in [0.3, 0.4) is 0 Å². The van der Waals surface area contributed by atoms with Crippen LogP contribution in [0.4, 0.5) is 4.39 Å². The van der Waals surface area contributed by atoms with Gasteiger partial charge in [0.1, 0.15) is 11.9 Å². The number of aromatic amines is 1. The fourth-order valence-corrected chi connectivity index (χ4v) is 4.43. The molecule has 0 spiro atoms. The molecule has 0 saturated carbocycles. The van der Waals surface area contributed by atoms with Crippen molar-refractivity contribution in [1.82, 2.24) is 30.1 Å². The maximum atomic E-state index is 13.4. The highest BCUT2D eigenvalue weighted by Crippen LogP contribution is 2.36. The minimum Gasteiger partial charge on any atom is -0.454 e. The van der Waals surface area contributed by atoms with Crippen LogP contribution in [0.25, 0.3) is 10.9 Å². The summed E-state index contributed by atoms with van der Waals surface area (Å²) in [5.74, 6) is 1.45. The molecule has 0 aliphatic carbocycles. The summed E-state index contributed by atoms with van der Waals surface area (Å²) in [4.78, 5) is 18.4. The van der Waals surface area contributed by atoms with Crippen LogP contribution in [-0.2, 0) is 11.3 Å². The van der Waals surface area contributed by atoms with Crippen molar-refractivity contribution < 1.29 is 18.6 Å². The lowest BCUT2D eigenvalue weighted by atomic mass is 10.0. The number of rotatable bonds is 5. The Labute approximate surface area is 192 Å². The number of nitrogens with one attached hydrogen (secondary N) is 1. The number of halogens is 1. The smallest absolute Gasteiger partial charge is 0.253 e. The van der Waals surface area contributed by atoms with Crippen LogP contribution >= 0.6 is 0 Å². The van der Waals surface area contributed by atoms with E-state index >= 15 is 0 Å². The van der Waals surface area contributed by atoms with E-state index < -0.39 is 6.04 Å².